The Bertz CT molecular complexity index is 498. The van der Waals surface area contributed by atoms with Gasteiger partial charge in [0.1, 0.15) is 5.15 Å². The topological polar surface area (TPSA) is 24.9 Å². The van der Waals surface area contributed by atoms with Crippen molar-refractivity contribution < 1.29 is 0 Å². The van der Waals surface area contributed by atoms with E-state index < -0.39 is 0 Å². The van der Waals surface area contributed by atoms with Gasteiger partial charge in [-0.25, -0.2) is 4.98 Å². The van der Waals surface area contributed by atoms with Crippen molar-refractivity contribution in [3.05, 3.63) is 43.8 Å². The zero-order chi connectivity index (χ0) is 11.5. The van der Waals surface area contributed by atoms with E-state index in [2.05, 4.69) is 38.4 Å². The molecule has 0 aliphatic rings. The number of halogens is 2. The van der Waals surface area contributed by atoms with Crippen molar-refractivity contribution in [1.82, 2.24) is 4.98 Å². The molecule has 16 heavy (non-hydrogen) atoms. The molecule has 0 amide bonds. The van der Waals surface area contributed by atoms with E-state index in [-0.39, 0.29) is 0 Å². The first kappa shape index (κ1) is 11.9. The number of nitrogens with one attached hydrogen (secondary N) is 1. The quantitative estimate of drug-likeness (QED) is 0.844. The first-order valence-electron chi connectivity index (χ1n) is 4.75. The first-order valence-corrected chi connectivity index (χ1v) is 6.74. The second kappa shape index (κ2) is 5.17. The van der Waals surface area contributed by atoms with Crippen LogP contribution in [0.5, 0.6) is 0 Å². The van der Waals surface area contributed by atoms with Crippen molar-refractivity contribution in [2.24, 2.45) is 0 Å². The minimum absolute atomic E-state index is 0.530. The molecule has 2 aromatic heterocycles. The van der Waals surface area contributed by atoms with Gasteiger partial charge in [-0.15, -0.1) is 11.3 Å². The fourth-order valence-electron chi connectivity index (χ4n) is 1.34. The molecule has 0 spiro atoms. The summed E-state index contributed by atoms with van der Waals surface area (Å²) in [5.41, 5.74) is 2.13. The van der Waals surface area contributed by atoms with E-state index in [1.54, 1.807) is 17.5 Å². The van der Waals surface area contributed by atoms with Crippen LogP contribution in [-0.2, 0) is 6.54 Å². The highest BCUT2D eigenvalue weighted by molar-refractivity contribution is 9.11. The van der Waals surface area contributed by atoms with Crippen LogP contribution in [0.2, 0.25) is 5.15 Å². The Labute approximate surface area is 112 Å². The summed E-state index contributed by atoms with van der Waals surface area (Å²) in [5.74, 6) is 0. The van der Waals surface area contributed by atoms with Gasteiger partial charge in [-0.3, -0.25) is 0 Å². The van der Waals surface area contributed by atoms with Crippen molar-refractivity contribution in [1.29, 1.82) is 0 Å². The first-order chi connectivity index (χ1) is 7.65. The van der Waals surface area contributed by atoms with Crippen molar-refractivity contribution >= 4 is 44.6 Å². The summed E-state index contributed by atoms with van der Waals surface area (Å²) in [6, 6.07) is 6.00. The zero-order valence-electron chi connectivity index (χ0n) is 8.63. The predicted octanol–water partition coefficient (Wildman–Crippen LogP) is 4.48. The lowest BCUT2D eigenvalue weighted by Crippen LogP contribution is -1.99. The van der Waals surface area contributed by atoms with Gasteiger partial charge < -0.3 is 5.32 Å². The highest BCUT2D eigenvalue weighted by Gasteiger charge is 2.01. The Morgan fingerprint density at radius 1 is 1.50 bits per heavy atom. The maximum absolute atomic E-state index is 5.79. The molecule has 2 nitrogen and oxygen atoms in total. The van der Waals surface area contributed by atoms with Crippen LogP contribution >= 0.6 is 38.9 Å². The summed E-state index contributed by atoms with van der Waals surface area (Å²) in [6.45, 7) is 2.82. The maximum Gasteiger partial charge on any atom is 0.129 e. The Hall–Kier alpha value is -0.580. The monoisotopic (exact) mass is 316 g/mol. The smallest absolute Gasteiger partial charge is 0.129 e. The van der Waals surface area contributed by atoms with E-state index in [4.69, 9.17) is 11.6 Å². The SMILES string of the molecule is Cc1cc(Cl)ncc1NCc1ccc(Br)s1. The van der Waals surface area contributed by atoms with Gasteiger partial charge in [0.05, 0.1) is 15.7 Å². The Kier molecular flexibility index (Phi) is 3.84. The fourth-order valence-corrected chi connectivity index (χ4v) is 2.97. The van der Waals surface area contributed by atoms with Crippen LogP contribution < -0.4 is 5.32 Å². The molecule has 0 aliphatic heterocycles. The van der Waals surface area contributed by atoms with E-state index >= 15 is 0 Å². The number of pyridine rings is 1. The Morgan fingerprint density at radius 3 is 2.94 bits per heavy atom. The van der Waals surface area contributed by atoms with Crippen LogP contribution in [-0.4, -0.2) is 4.98 Å². The molecule has 5 heteroatoms. The molecule has 0 saturated heterocycles. The van der Waals surface area contributed by atoms with Crippen molar-refractivity contribution in [3.8, 4) is 0 Å². The second-order valence-electron chi connectivity index (χ2n) is 3.38. The van der Waals surface area contributed by atoms with Gasteiger partial charge >= 0.3 is 0 Å². The minimum Gasteiger partial charge on any atom is -0.379 e. The molecule has 2 rings (SSSR count). The lowest BCUT2D eigenvalue weighted by atomic mass is 10.2. The summed E-state index contributed by atoms with van der Waals surface area (Å²) < 4.78 is 1.15. The third-order valence-corrected chi connectivity index (χ3v) is 3.99. The Morgan fingerprint density at radius 2 is 2.31 bits per heavy atom. The largest absolute Gasteiger partial charge is 0.379 e. The number of hydrogen-bond acceptors (Lipinski definition) is 3. The van der Waals surface area contributed by atoms with Gasteiger partial charge in [0.15, 0.2) is 0 Å². The number of hydrogen-bond donors (Lipinski definition) is 1. The zero-order valence-corrected chi connectivity index (χ0v) is 11.8. The number of aromatic nitrogens is 1. The van der Waals surface area contributed by atoms with Crippen LogP contribution in [0, 0.1) is 6.92 Å². The number of rotatable bonds is 3. The number of aryl methyl sites for hydroxylation is 1. The van der Waals surface area contributed by atoms with Gasteiger partial charge in [-0.2, -0.15) is 0 Å². The molecule has 0 radical (unpaired) electrons. The number of thiophene rings is 1. The van der Waals surface area contributed by atoms with Crippen LogP contribution in [0.15, 0.2) is 28.2 Å². The van der Waals surface area contributed by atoms with Crippen LogP contribution in [0.3, 0.4) is 0 Å². The molecule has 1 N–H and O–H groups in total. The van der Waals surface area contributed by atoms with Gasteiger partial charge in [0.2, 0.25) is 0 Å². The molecule has 0 bridgehead atoms. The van der Waals surface area contributed by atoms with Gasteiger partial charge in [-0.05, 0) is 46.6 Å². The van der Waals surface area contributed by atoms with E-state index in [0.29, 0.717) is 5.15 Å². The molecule has 0 aromatic carbocycles. The van der Waals surface area contributed by atoms with E-state index in [0.717, 1.165) is 21.6 Å². The standard InChI is InChI=1S/C11H10BrClN2S/c1-7-4-11(13)15-6-9(7)14-5-8-2-3-10(12)16-8/h2-4,6,14H,5H2,1H3. The highest BCUT2D eigenvalue weighted by atomic mass is 79.9. The fraction of sp³-hybridized carbons (Fsp3) is 0.182. The lowest BCUT2D eigenvalue weighted by Gasteiger charge is -2.07. The molecule has 0 fully saturated rings. The third-order valence-electron chi connectivity index (χ3n) is 2.16. The van der Waals surface area contributed by atoms with Crippen LogP contribution in [0.1, 0.15) is 10.4 Å². The van der Waals surface area contributed by atoms with Gasteiger partial charge in [-0.1, -0.05) is 11.6 Å². The Balaban J connectivity index is 2.04. The highest BCUT2D eigenvalue weighted by Crippen LogP contribution is 2.23. The molecular formula is C11H10BrClN2S. The summed E-state index contributed by atoms with van der Waals surface area (Å²) in [7, 11) is 0. The van der Waals surface area contributed by atoms with Gasteiger partial charge in [0, 0.05) is 11.4 Å². The summed E-state index contributed by atoms with van der Waals surface area (Å²) >= 11 is 11.0. The minimum atomic E-state index is 0.530. The predicted molar refractivity (Wildman–Crippen MR) is 73.3 cm³/mol. The van der Waals surface area contributed by atoms with E-state index in [9.17, 15) is 0 Å². The summed E-state index contributed by atoms with van der Waals surface area (Å²) in [5, 5.41) is 3.87. The average molecular weight is 318 g/mol. The third kappa shape index (κ3) is 2.97. The normalized spacial score (nSPS) is 10.4. The maximum atomic E-state index is 5.79. The molecule has 2 heterocycles. The van der Waals surface area contributed by atoms with Crippen LogP contribution in [0.4, 0.5) is 5.69 Å². The molecule has 0 saturated carbocycles. The summed E-state index contributed by atoms with van der Waals surface area (Å²) in [6.07, 6.45) is 1.76. The molecular weight excluding hydrogens is 308 g/mol. The average Bonchev–Trinajstić information content (AvgIpc) is 2.63. The second-order valence-corrected chi connectivity index (χ2v) is 6.32. The number of nitrogens with zero attached hydrogens (tertiary/aromatic N) is 1. The van der Waals surface area contributed by atoms with Crippen molar-refractivity contribution in [3.63, 3.8) is 0 Å². The molecule has 2 aromatic rings. The molecule has 0 unspecified atom stereocenters. The van der Waals surface area contributed by atoms with E-state index in [1.165, 1.54) is 4.88 Å². The van der Waals surface area contributed by atoms with E-state index in [1.807, 2.05) is 13.0 Å². The summed E-state index contributed by atoms with van der Waals surface area (Å²) in [4.78, 5) is 5.33. The van der Waals surface area contributed by atoms with Gasteiger partial charge in [0.25, 0.3) is 0 Å². The number of anilines is 1. The lowest BCUT2D eigenvalue weighted by molar-refractivity contribution is 1.16. The molecule has 84 valence electrons. The van der Waals surface area contributed by atoms with Crippen molar-refractivity contribution in [2.45, 2.75) is 13.5 Å². The van der Waals surface area contributed by atoms with Crippen LogP contribution in [0.25, 0.3) is 0 Å². The molecule has 0 aliphatic carbocycles. The molecule has 0 atom stereocenters. The van der Waals surface area contributed by atoms with Crippen molar-refractivity contribution in [2.75, 3.05) is 5.32 Å².